The van der Waals surface area contributed by atoms with Crippen LogP contribution in [-0.4, -0.2) is 10.1 Å². The Morgan fingerprint density at radius 1 is 1.44 bits per heavy atom. The molecule has 0 fully saturated rings. The standard InChI is InChI=1S/C5H5N3O/c9-8-3-5-4(7-8)1-2-6-5/h1-3,6-7H. The second kappa shape index (κ2) is 1.28. The van der Waals surface area contributed by atoms with Crippen molar-refractivity contribution in [3.05, 3.63) is 23.7 Å². The molecule has 2 aromatic rings. The Morgan fingerprint density at radius 2 is 2.33 bits per heavy atom. The summed E-state index contributed by atoms with van der Waals surface area (Å²) in [6.07, 6.45) is 3.23. The second-order valence-electron chi connectivity index (χ2n) is 1.87. The first kappa shape index (κ1) is 4.43. The molecule has 2 aromatic heterocycles. The van der Waals surface area contributed by atoms with Gasteiger partial charge in [0.15, 0.2) is 0 Å². The lowest BCUT2D eigenvalue weighted by molar-refractivity contribution is -0.662. The van der Waals surface area contributed by atoms with Crippen molar-refractivity contribution in [2.24, 2.45) is 0 Å². The smallest absolute Gasteiger partial charge is 0.233 e. The molecule has 0 spiro atoms. The Labute approximate surface area is 50.7 Å². The average Bonchev–Trinajstić information content (AvgIpc) is 2.22. The summed E-state index contributed by atoms with van der Waals surface area (Å²) in [5.74, 6) is 0. The lowest BCUT2D eigenvalue weighted by Crippen LogP contribution is -2.25. The highest BCUT2D eigenvalue weighted by Gasteiger charge is 1.99. The molecule has 0 unspecified atom stereocenters. The molecule has 46 valence electrons. The van der Waals surface area contributed by atoms with E-state index in [1.54, 1.807) is 6.20 Å². The number of hydrogen-bond acceptors (Lipinski definition) is 1. The van der Waals surface area contributed by atoms with Crippen LogP contribution >= 0.6 is 0 Å². The molecular formula is C5H5N3O. The van der Waals surface area contributed by atoms with Crippen LogP contribution < -0.4 is 4.85 Å². The molecule has 0 bridgehead atoms. The van der Waals surface area contributed by atoms with Crippen molar-refractivity contribution in [1.29, 1.82) is 0 Å². The zero-order valence-electron chi connectivity index (χ0n) is 4.59. The van der Waals surface area contributed by atoms with Crippen LogP contribution in [0.2, 0.25) is 0 Å². The fourth-order valence-electron chi connectivity index (χ4n) is 0.855. The van der Waals surface area contributed by atoms with Gasteiger partial charge in [-0.15, -0.1) is 0 Å². The molecule has 0 amide bonds. The largest absolute Gasteiger partial charge is 0.596 e. The number of nitrogens with one attached hydrogen (secondary N) is 2. The number of aromatic amines is 2. The summed E-state index contributed by atoms with van der Waals surface area (Å²) in [7, 11) is 0. The van der Waals surface area contributed by atoms with Gasteiger partial charge < -0.3 is 10.2 Å². The first-order valence-corrected chi connectivity index (χ1v) is 2.61. The minimum Gasteiger partial charge on any atom is -0.596 e. The maximum Gasteiger partial charge on any atom is 0.233 e. The van der Waals surface area contributed by atoms with E-state index < -0.39 is 0 Å². The van der Waals surface area contributed by atoms with Crippen LogP contribution in [-0.2, 0) is 0 Å². The molecule has 0 aliphatic rings. The maximum absolute atomic E-state index is 10.5. The van der Waals surface area contributed by atoms with E-state index in [1.165, 1.54) is 6.20 Å². The first-order valence-electron chi connectivity index (χ1n) is 2.61. The molecule has 2 N–H and O–H groups in total. The van der Waals surface area contributed by atoms with E-state index in [0.717, 1.165) is 11.0 Å². The predicted molar refractivity (Wildman–Crippen MR) is 31.6 cm³/mol. The van der Waals surface area contributed by atoms with Crippen molar-refractivity contribution in [2.45, 2.75) is 0 Å². The summed E-state index contributed by atoms with van der Waals surface area (Å²) in [5.41, 5.74) is 1.68. The van der Waals surface area contributed by atoms with Crippen LogP contribution in [0.3, 0.4) is 0 Å². The monoisotopic (exact) mass is 123 g/mol. The molecule has 0 aromatic carbocycles. The van der Waals surface area contributed by atoms with Crippen molar-refractivity contribution in [3.8, 4) is 0 Å². The molecule has 0 aliphatic carbocycles. The van der Waals surface area contributed by atoms with Crippen molar-refractivity contribution in [1.82, 2.24) is 10.1 Å². The molecule has 0 saturated carbocycles. The summed E-state index contributed by atoms with van der Waals surface area (Å²) in [6.45, 7) is 0. The Morgan fingerprint density at radius 3 is 3.11 bits per heavy atom. The van der Waals surface area contributed by atoms with E-state index in [1.807, 2.05) is 6.07 Å². The van der Waals surface area contributed by atoms with Gasteiger partial charge in [-0.1, -0.05) is 4.85 Å². The fraction of sp³-hybridized carbons (Fsp3) is 0. The topological polar surface area (TPSA) is 58.5 Å². The minimum absolute atomic E-state index is 0.668. The number of hydrogen-bond donors (Lipinski definition) is 2. The second-order valence-corrected chi connectivity index (χ2v) is 1.87. The molecule has 2 heterocycles. The number of fused-ring (bicyclic) bond motifs is 1. The molecular weight excluding hydrogens is 118 g/mol. The van der Waals surface area contributed by atoms with Crippen LogP contribution in [0.4, 0.5) is 0 Å². The van der Waals surface area contributed by atoms with Crippen LogP contribution in [0.15, 0.2) is 18.5 Å². The SMILES string of the molecule is [O-][n+]1cc2[nH]ccc2[nH]1. The van der Waals surface area contributed by atoms with E-state index in [-0.39, 0.29) is 0 Å². The van der Waals surface area contributed by atoms with Crippen LogP contribution in [0.25, 0.3) is 11.0 Å². The van der Waals surface area contributed by atoms with Gasteiger partial charge in [-0.3, -0.25) is 0 Å². The summed E-state index contributed by atoms with van der Waals surface area (Å²) in [4.78, 5) is 3.56. The van der Waals surface area contributed by atoms with Gasteiger partial charge in [0.2, 0.25) is 6.20 Å². The van der Waals surface area contributed by atoms with Crippen molar-refractivity contribution in [2.75, 3.05) is 0 Å². The molecule has 2 rings (SSSR count). The molecule has 9 heavy (non-hydrogen) atoms. The normalized spacial score (nSPS) is 10.7. The third kappa shape index (κ3) is 0.495. The number of nitrogens with zero attached hydrogens (tertiary/aromatic N) is 1. The van der Waals surface area contributed by atoms with Gasteiger partial charge in [0.25, 0.3) is 0 Å². The maximum atomic E-state index is 10.5. The number of aromatic nitrogens is 3. The van der Waals surface area contributed by atoms with Gasteiger partial charge in [0, 0.05) is 6.20 Å². The Hall–Kier alpha value is -1.45. The van der Waals surface area contributed by atoms with E-state index in [9.17, 15) is 5.21 Å². The Bertz CT molecular complexity index is 293. The minimum atomic E-state index is 0.668. The predicted octanol–water partition coefficient (Wildman–Crippen LogP) is 0.129. The van der Waals surface area contributed by atoms with Gasteiger partial charge >= 0.3 is 0 Å². The van der Waals surface area contributed by atoms with Crippen molar-refractivity contribution < 1.29 is 4.85 Å². The lowest BCUT2D eigenvalue weighted by atomic mass is 10.5. The molecule has 0 radical (unpaired) electrons. The fourth-order valence-corrected chi connectivity index (χ4v) is 0.855. The molecule has 0 aliphatic heterocycles. The van der Waals surface area contributed by atoms with Gasteiger partial charge in [0.1, 0.15) is 11.0 Å². The molecule has 4 nitrogen and oxygen atoms in total. The van der Waals surface area contributed by atoms with Gasteiger partial charge in [0.05, 0.1) is 0 Å². The van der Waals surface area contributed by atoms with Crippen molar-refractivity contribution >= 4 is 11.0 Å². The summed E-state index contributed by atoms with van der Waals surface area (Å²) in [6, 6.07) is 1.81. The van der Waals surface area contributed by atoms with Gasteiger partial charge in [-0.25, -0.2) is 0 Å². The van der Waals surface area contributed by atoms with Gasteiger partial charge in [-0.2, -0.15) is 5.10 Å². The molecule has 0 atom stereocenters. The van der Waals surface area contributed by atoms with Crippen LogP contribution in [0.5, 0.6) is 0 Å². The van der Waals surface area contributed by atoms with Crippen molar-refractivity contribution in [3.63, 3.8) is 0 Å². The lowest BCUT2D eigenvalue weighted by Gasteiger charge is -1.81. The number of H-pyrrole nitrogens is 2. The summed E-state index contributed by atoms with van der Waals surface area (Å²) < 4.78 is 0. The van der Waals surface area contributed by atoms with Crippen LogP contribution in [0.1, 0.15) is 0 Å². The third-order valence-corrected chi connectivity index (χ3v) is 1.26. The van der Waals surface area contributed by atoms with E-state index in [2.05, 4.69) is 10.1 Å². The summed E-state index contributed by atoms with van der Waals surface area (Å²) in [5, 5.41) is 13.1. The Balaban J connectivity index is 2.92. The Kier molecular flexibility index (Phi) is 0.631. The highest BCUT2D eigenvalue weighted by Crippen LogP contribution is 2.03. The van der Waals surface area contributed by atoms with E-state index >= 15 is 0 Å². The summed E-state index contributed by atoms with van der Waals surface area (Å²) >= 11 is 0. The highest BCUT2D eigenvalue weighted by atomic mass is 16.5. The zero-order chi connectivity index (χ0) is 6.27. The number of rotatable bonds is 0. The molecule has 4 heteroatoms. The molecule has 0 saturated heterocycles. The zero-order valence-corrected chi connectivity index (χ0v) is 4.59. The van der Waals surface area contributed by atoms with Crippen LogP contribution in [0, 0.1) is 5.21 Å². The third-order valence-electron chi connectivity index (χ3n) is 1.26. The van der Waals surface area contributed by atoms with Gasteiger partial charge in [-0.05, 0) is 6.07 Å². The van der Waals surface area contributed by atoms with E-state index in [0.29, 0.717) is 4.85 Å². The first-order chi connectivity index (χ1) is 4.36. The average molecular weight is 123 g/mol. The highest BCUT2D eigenvalue weighted by molar-refractivity contribution is 5.72. The quantitative estimate of drug-likeness (QED) is 0.379. The van der Waals surface area contributed by atoms with E-state index in [4.69, 9.17) is 0 Å².